The van der Waals surface area contributed by atoms with E-state index in [0.29, 0.717) is 17.5 Å². The second kappa shape index (κ2) is 8.91. The van der Waals surface area contributed by atoms with E-state index in [4.69, 9.17) is 14.5 Å². The lowest BCUT2D eigenvalue weighted by Crippen LogP contribution is -2.00. The van der Waals surface area contributed by atoms with Gasteiger partial charge in [0.15, 0.2) is 5.16 Å². The third-order valence-electron chi connectivity index (χ3n) is 4.18. The van der Waals surface area contributed by atoms with Gasteiger partial charge >= 0.3 is 0 Å². The van der Waals surface area contributed by atoms with Gasteiger partial charge in [-0.2, -0.15) is 4.98 Å². The van der Waals surface area contributed by atoms with Gasteiger partial charge in [0.25, 0.3) is 0 Å². The number of aromatic nitrogens is 2. The van der Waals surface area contributed by atoms with Crippen LogP contribution in [0.1, 0.15) is 36.6 Å². The maximum Gasteiger partial charge on any atom is 0.223 e. The van der Waals surface area contributed by atoms with Crippen molar-refractivity contribution in [3.05, 3.63) is 71.4 Å². The molecule has 0 spiro atoms. The average molecular weight is 381 g/mol. The summed E-state index contributed by atoms with van der Waals surface area (Å²) in [6.45, 7) is 6.36. The molecule has 0 radical (unpaired) electrons. The molecule has 4 nitrogen and oxygen atoms in total. The molecule has 5 heteroatoms. The summed E-state index contributed by atoms with van der Waals surface area (Å²) < 4.78 is 11.2. The summed E-state index contributed by atoms with van der Waals surface area (Å²) in [5.74, 6) is 3.11. The van der Waals surface area contributed by atoms with E-state index in [1.54, 1.807) is 18.9 Å². The van der Waals surface area contributed by atoms with Crippen LogP contribution >= 0.6 is 11.8 Å². The normalized spacial score (nSPS) is 10.9. The van der Waals surface area contributed by atoms with Crippen LogP contribution in [0.5, 0.6) is 17.4 Å². The van der Waals surface area contributed by atoms with Crippen LogP contribution in [0.15, 0.2) is 59.8 Å². The fourth-order valence-electron chi connectivity index (χ4n) is 2.53. The molecule has 3 aromatic rings. The zero-order chi connectivity index (χ0) is 19.2. The van der Waals surface area contributed by atoms with Crippen molar-refractivity contribution in [1.29, 1.82) is 0 Å². The average Bonchev–Trinajstić information content (AvgIpc) is 2.67. The summed E-state index contributed by atoms with van der Waals surface area (Å²) in [4.78, 5) is 9.30. The lowest BCUT2D eigenvalue weighted by Gasteiger charge is -2.12. The molecule has 0 N–H and O–H groups in total. The monoisotopic (exact) mass is 380 g/mol. The van der Waals surface area contributed by atoms with Crippen LogP contribution in [-0.4, -0.2) is 17.1 Å². The Morgan fingerprint density at radius 2 is 1.74 bits per heavy atom. The molecule has 140 valence electrons. The summed E-state index contributed by atoms with van der Waals surface area (Å²) in [5, 5.41) is 0.724. The minimum Gasteiger partial charge on any atom is -0.497 e. The minimum absolute atomic E-state index is 0.290. The van der Waals surface area contributed by atoms with Gasteiger partial charge in [-0.25, -0.2) is 4.98 Å². The molecule has 1 aromatic heterocycles. The third kappa shape index (κ3) is 5.23. The van der Waals surface area contributed by atoms with Crippen LogP contribution in [0.3, 0.4) is 0 Å². The van der Waals surface area contributed by atoms with Gasteiger partial charge in [-0.15, -0.1) is 0 Å². The van der Waals surface area contributed by atoms with Gasteiger partial charge in [0.1, 0.15) is 11.5 Å². The molecule has 2 aromatic carbocycles. The van der Waals surface area contributed by atoms with Crippen LogP contribution < -0.4 is 9.47 Å². The molecule has 0 unspecified atom stereocenters. The van der Waals surface area contributed by atoms with Crippen LogP contribution in [0.25, 0.3) is 0 Å². The van der Waals surface area contributed by atoms with Crippen molar-refractivity contribution in [2.45, 2.75) is 37.6 Å². The number of thioether (sulfide) groups is 1. The van der Waals surface area contributed by atoms with Gasteiger partial charge in [0.2, 0.25) is 5.88 Å². The summed E-state index contributed by atoms with van der Waals surface area (Å²) in [6.07, 6.45) is 0. The molecule has 0 aliphatic rings. The molecule has 0 bridgehead atoms. The SMILES string of the molecule is COc1cccc(Oc2cc(C(C)C)nc(SCc3ccccc3C)n2)c1. The first-order valence-corrected chi connectivity index (χ1v) is 9.92. The van der Waals surface area contributed by atoms with Gasteiger partial charge in [-0.05, 0) is 36.1 Å². The van der Waals surface area contributed by atoms with E-state index in [1.165, 1.54) is 11.1 Å². The molecular weight excluding hydrogens is 356 g/mol. The van der Waals surface area contributed by atoms with Gasteiger partial charge in [0.05, 0.1) is 12.8 Å². The standard InChI is InChI=1S/C22H24N2O2S/c1-15(2)20-13-21(26-19-11-7-10-18(12-19)25-4)24-22(23-20)27-14-17-9-6-5-8-16(17)3/h5-13,15H,14H2,1-4H3. The van der Waals surface area contributed by atoms with E-state index in [2.05, 4.69) is 50.0 Å². The van der Waals surface area contributed by atoms with E-state index in [1.807, 2.05) is 30.3 Å². The van der Waals surface area contributed by atoms with E-state index >= 15 is 0 Å². The largest absolute Gasteiger partial charge is 0.497 e. The van der Waals surface area contributed by atoms with Crippen LogP contribution in [-0.2, 0) is 5.75 Å². The topological polar surface area (TPSA) is 44.2 Å². The van der Waals surface area contributed by atoms with Crippen LogP contribution in [0, 0.1) is 6.92 Å². The summed E-state index contributed by atoms with van der Waals surface area (Å²) in [5.41, 5.74) is 3.53. The quantitative estimate of drug-likeness (QED) is 0.371. The molecule has 0 aliphatic heterocycles. The Bertz CT molecular complexity index is 912. The first-order chi connectivity index (χ1) is 13.0. The van der Waals surface area contributed by atoms with Crippen LogP contribution in [0.2, 0.25) is 0 Å². The van der Waals surface area contributed by atoms with Gasteiger partial charge in [-0.1, -0.05) is 55.9 Å². The summed E-state index contributed by atoms with van der Waals surface area (Å²) in [7, 11) is 1.64. The first kappa shape index (κ1) is 19.2. The van der Waals surface area contributed by atoms with Crippen molar-refractivity contribution in [3.63, 3.8) is 0 Å². The second-order valence-electron chi connectivity index (χ2n) is 6.56. The Morgan fingerprint density at radius 3 is 2.48 bits per heavy atom. The number of hydrogen-bond donors (Lipinski definition) is 0. The Morgan fingerprint density at radius 1 is 0.963 bits per heavy atom. The predicted octanol–water partition coefficient (Wildman–Crippen LogP) is 6.00. The van der Waals surface area contributed by atoms with Crippen LogP contribution in [0.4, 0.5) is 0 Å². The Hall–Kier alpha value is -2.53. The zero-order valence-electron chi connectivity index (χ0n) is 16.1. The second-order valence-corrected chi connectivity index (χ2v) is 7.51. The number of ether oxygens (including phenoxy) is 2. The number of methoxy groups -OCH3 is 1. The van der Waals surface area contributed by atoms with E-state index in [0.717, 1.165) is 22.4 Å². The zero-order valence-corrected chi connectivity index (χ0v) is 16.9. The maximum atomic E-state index is 5.98. The highest BCUT2D eigenvalue weighted by atomic mass is 32.2. The van der Waals surface area contributed by atoms with Crippen molar-refractivity contribution in [3.8, 4) is 17.4 Å². The van der Waals surface area contributed by atoms with E-state index in [-0.39, 0.29) is 0 Å². The molecule has 0 saturated heterocycles. The van der Waals surface area contributed by atoms with Gasteiger partial charge < -0.3 is 9.47 Å². The van der Waals surface area contributed by atoms with Crippen molar-refractivity contribution in [2.75, 3.05) is 7.11 Å². The fourth-order valence-corrected chi connectivity index (χ4v) is 3.47. The van der Waals surface area contributed by atoms with Crippen molar-refractivity contribution >= 4 is 11.8 Å². The Labute approximate surface area is 165 Å². The number of rotatable bonds is 7. The highest BCUT2D eigenvalue weighted by Gasteiger charge is 2.11. The third-order valence-corrected chi connectivity index (χ3v) is 5.07. The van der Waals surface area contributed by atoms with E-state index in [9.17, 15) is 0 Å². The van der Waals surface area contributed by atoms with Crippen molar-refractivity contribution in [2.24, 2.45) is 0 Å². The highest BCUT2D eigenvalue weighted by Crippen LogP contribution is 2.29. The molecule has 0 atom stereocenters. The summed E-state index contributed by atoms with van der Waals surface area (Å²) in [6, 6.07) is 17.8. The Kier molecular flexibility index (Phi) is 6.35. The molecule has 0 saturated carbocycles. The number of aryl methyl sites for hydroxylation is 1. The number of nitrogens with zero attached hydrogens (tertiary/aromatic N) is 2. The highest BCUT2D eigenvalue weighted by molar-refractivity contribution is 7.98. The lowest BCUT2D eigenvalue weighted by molar-refractivity contribution is 0.406. The van der Waals surface area contributed by atoms with Gasteiger partial charge in [0, 0.05) is 17.9 Å². The molecule has 27 heavy (non-hydrogen) atoms. The smallest absolute Gasteiger partial charge is 0.223 e. The van der Waals surface area contributed by atoms with E-state index < -0.39 is 0 Å². The molecule has 0 amide bonds. The molecule has 3 rings (SSSR count). The number of benzene rings is 2. The Balaban J connectivity index is 1.82. The molecule has 0 fully saturated rings. The first-order valence-electron chi connectivity index (χ1n) is 8.93. The molecule has 1 heterocycles. The molecular formula is C22H24N2O2S. The minimum atomic E-state index is 0.290. The van der Waals surface area contributed by atoms with Crippen molar-refractivity contribution < 1.29 is 9.47 Å². The van der Waals surface area contributed by atoms with Crippen molar-refractivity contribution in [1.82, 2.24) is 9.97 Å². The lowest BCUT2D eigenvalue weighted by atomic mass is 10.1. The fraction of sp³-hybridized carbons (Fsp3) is 0.273. The summed E-state index contributed by atoms with van der Waals surface area (Å²) >= 11 is 1.62. The molecule has 0 aliphatic carbocycles. The predicted molar refractivity (Wildman–Crippen MR) is 110 cm³/mol. The maximum absolute atomic E-state index is 5.98. The van der Waals surface area contributed by atoms with Gasteiger partial charge in [-0.3, -0.25) is 0 Å². The number of hydrogen-bond acceptors (Lipinski definition) is 5.